The molecule has 0 aromatic heterocycles. The molecule has 0 atom stereocenters. The summed E-state index contributed by atoms with van der Waals surface area (Å²) in [4.78, 5) is 0. The van der Waals surface area contributed by atoms with Crippen LogP contribution >= 0.6 is 0 Å². The summed E-state index contributed by atoms with van der Waals surface area (Å²) in [6.07, 6.45) is 0. The van der Waals surface area contributed by atoms with Gasteiger partial charge in [0, 0.05) is 0 Å². The van der Waals surface area contributed by atoms with Crippen molar-refractivity contribution in [2.45, 2.75) is 0 Å². The van der Waals surface area contributed by atoms with Crippen molar-refractivity contribution >= 4 is 0 Å². The van der Waals surface area contributed by atoms with Crippen LogP contribution in [0.4, 0.5) is 0 Å². The molecule has 6 heavy (non-hydrogen) atoms. The Labute approximate surface area is 85.0 Å². The molecule has 5 heteroatoms. The summed E-state index contributed by atoms with van der Waals surface area (Å²) in [5.41, 5.74) is 0. The van der Waals surface area contributed by atoms with Crippen LogP contribution in [0.5, 0.6) is 0 Å². The average Bonchev–Trinajstić information content (AvgIpc) is 0.918. The summed E-state index contributed by atoms with van der Waals surface area (Å²) in [7, 11) is 1.66. The van der Waals surface area contributed by atoms with Crippen molar-refractivity contribution in [3.05, 3.63) is 0 Å². The SMILES string of the molecule is C[O][Zr+3].[Br-].[Br-].[Br-]. The third-order valence-electron chi connectivity index (χ3n) is 0. The van der Waals surface area contributed by atoms with E-state index in [0.717, 1.165) is 25.2 Å². The zero-order chi connectivity index (χ0) is 2.71. The molecule has 1 nitrogen and oxygen atoms in total. The Morgan fingerprint density at radius 3 is 1.17 bits per heavy atom. The van der Waals surface area contributed by atoms with E-state index in [1.807, 2.05) is 0 Å². The van der Waals surface area contributed by atoms with Crippen LogP contribution in [0.15, 0.2) is 0 Å². The van der Waals surface area contributed by atoms with Gasteiger partial charge in [0.1, 0.15) is 0 Å². The summed E-state index contributed by atoms with van der Waals surface area (Å²) in [5.74, 6) is 0. The van der Waals surface area contributed by atoms with Gasteiger partial charge in [-0.15, -0.1) is 0 Å². The smallest absolute Gasteiger partial charge is 1.00 e. The summed E-state index contributed by atoms with van der Waals surface area (Å²) in [6, 6.07) is 0. The quantitative estimate of drug-likeness (QED) is 0.416. The second kappa shape index (κ2) is 26.7. The van der Waals surface area contributed by atoms with Crippen molar-refractivity contribution in [1.82, 2.24) is 0 Å². The van der Waals surface area contributed by atoms with Crippen LogP contribution in [-0.4, -0.2) is 7.11 Å². The van der Waals surface area contributed by atoms with E-state index in [2.05, 4.69) is 2.81 Å². The molecule has 0 saturated heterocycles. The number of hydrogen-bond donors (Lipinski definition) is 0. The van der Waals surface area contributed by atoms with Crippen LogP contribution in [0.3, 0.4) is 0 Å². The van der Waals surface area contributed by atoms with Crippen LogP contribution in [0.1, 0.15) is 0 Å². The predicted octanol–water partition coefficient (Wildman–Crippen LogP) is -8.89. The molecule has 0 aromatic rings. The summed E-state index contributed by atoms with van der Waals surface area (Å²) < 4.78 is 4.34. The molecule has 0 saturated carbocycles. The van der Waals surface area contributed by atoms with Gasteiger partial charge in [-0.1, -0.05) is 0 Å². The molecule has 0 rings (SSSR count). The minimum absolute atomic E-state index is 0. The molecule has 0 radical (unpaired) electrons. The maximum Gasteiger partial charge on any atom is -1.00 e. The van der Waals surface area contributed by atoms with Gasteiger partial charge in [-0.25, -0.2) is 0 Å². The minimum atomic E-state index is 0. The first-order valence-corrected chi connectivity index (χ1v) is 1.62. The van der Waals surface area contributed by atoms with E-state index >= 15 is 0 Å². The van der Waals surface area contributed by atoms with Crippen LogP contribution in [0.25, 0.3) is 0 Å². The van der Waals surface area contributed by atoms with Gasteiger partial charge in [0.05, 0.1) is 0 Å². The molecule has 0 unspecified atom stereocenters. The second-order valence-corrected chi connectivity index (χ2v) is 1.21. The van der Waals surface area contributed by atoms with E-state index in [4.69, 9.17) is 0 Å². The molecule has 0 aliphatic carbocycles. The minimum Gasteiger partial charge on any atom is -1.00 e. The largest absolute Gasteiger partial charge is 1.00 e. The number of halogens is 3. The fourth-order valence-electron chi connectivity index (χ4n) is 0. The molecule has 0 aromatic carbocycles. The summed E-state index contributed by atoms with van der Waals surface area (Å²) in [5, 5.41) is 0. The number of rotatable bonds is 0. The fraction of sp³-hybridized carbons (Fsp3) is 1.00. The average molecular weight is 362 g/mol. The molecule has 0 amide bonds. The first-order chi connectivity index (χ1) is 1.41. The van der Waals surface area contributed by atoms with Gasteiger partial charge in [-0.3, -0.25) is 0 Å². The van der Waals surface area contributed by atoms with Crippen molar-refractivity contribution in [3.8, 4) is 0 Å². The maximum absolute atomic E-state index is 4.34. The van der Waals surface area contributed by atoms with Gasteiger partial charge in [0.25, 0.3) is 0 Å². The monoisotopic (exact) mass is 358 g/mol. The van der Waals surface area contributed by atoms with Crippen molar-refractivity contribution in [3.63, 3.8) is 0 Å². The van der Waals surface area contributed by atoms with E-state index < -0.39 is 0 Å². The van der Waals surface area contributed by atoms with Crippen molar-refractivity contribution in [2.24, 2.45) is 0 Å². The first-order valence-electron chi connectivity index (χ1n) is 0.612. The van der Waals surface area contributed by atoms with Crippen LogP contribution in [-0.2, 0) is 28.0 Å². The van der Waals surface area contributed by atoms with Crippen molar-refractivity contribution < 1.29 is 78.9 Å². The molecule has 0 aliphatic heterocycles. The first kappa shape index (κ1) is 24.0. The van der Waals surface area contributed by atoms with Gasteiger partial charge in [0.2, 0.25) is 0 Å². The van der Waals surface area contributed by atoms with Gasteiger partial charge in [0.15, 0.2) is 0 Å². The van der Waals surface area contributed by atoms with E-state index in [0.29, 0.717) is 0 Å². The van der Waals surface area contributed by atoms with Crippen LogP contribution < -0.4 is 50.9 Å². The van der Waals surface area contributed by atoms with Crippen LogP contribution in [0.2, 0.25) is 0 Å². The van der Waals surface area contributed by atoms with Crippen molar-refractivity contribution in [1.29, 1.82) is 0 Å². The Morgan fingerprint density at radius 2 is 1.17 bits per heavy atom. The fourth-order valence-corrected chi connectivity index (χ4v) is 0. The van der Waals surface area contributed by atoms with E-state index in [1.54, 1.807) is 7.11 Å². The normalized spacial score (nSPS) is 3.17. The van der Waals surface area contributed by atoms with E-state index in [-0.39, 0.29) is 50.9 Å². The zero-order valence-corrected chi connectivity index (χ0v) is 10.3. The van der Waals surface area contributed by atoms with Crippen LogP contribution in [0, 0.1) is 0 Å². The molecule has 0 aliphatic rings. The topological polar surface area (TPSA) is 9.23 Å². The predicted molar refractivity (Wildman–Crippen MR) is 7.01 cm³/mol. The Hall–Kier alpha value is 2.28. The maximum atomic E-state index is 4.34. The van der Waals surface area contributed by atoms with E-state index in [1.165, 1.54) is 0 Å². The van der Waals surface area contributed by atoms with Gasteiger partial charge in [-0.2, -0.15) is 0 Å². The zero-order valence-electron chi connectivity index (χ0n) is 3.04. The Kier molecular flexibility index (Phi) is 106. The summed E-state index contributed by atoms with van der Waals surface area (Å²) in [6.45, 7) is 0. The second-order valence-electron chi connectivity index (χ2n) is 0.204. The number of hydrogen-bond acceptors (Lipinski definition) is 1. The standard InChI is InChI=1S/CH3O.3BrH.Zr/c1-2;;;;/h1H3;3*1H;/q-1;;;;+4/p-3. The van der Waals surface area contributed by atoms with Crippen molar-refractivity contribution in [2.75, 3.05) is 7.11 Å². The molecule has 0 bridgehead atoms. The third-order valence-corrected chi connectivity index (χ3v) is 0. The third kappa shape index (κ3) is 33.6. The molecule has 0 heterocycles. The summed E-state index contributed by atoms with van der Waals surface area (Å²) >= 11 is 1.14. The van der Waals surface area contributed by atoms with Gasteiger partial charge < -0.3 is 50.9 Å². The molecular weight excluding hydrogens is 359 g/mol. The Balaban J connectivity index is -0.00000000667. The molecular formula is CH3Br3OZr. The Morgan fingerprint density at radius 1 is 1.17 bits per heavy atom. The molecule has 0 N–H and O–H groups in total. The molecule has 38 valence electrons. The van der Waals surface area contributed by atoms with Gasteiger partial charge in [-0.05, 0) is 0 Å². The molecule has 0 spiro atoms. The van der Waals surface area contributed by atoms with E-state index in [9.17, 15) is 0 Å². The molecule has 0 fully saturated rings. The van der Waals surface area contributed by atoms with Gasteiger partial charge >= 0.3 is 35.1 Å². The Bertz CT molecular complexity index is 10.8.